The molecule has 5 heteroatoms. The Kier molecular flexibility index (Phi) is 4.17. The fraction of sp³-hybridized carbons (Fsp3) is 0.154. The van der Waals surface area contributed by atoms with Crippen LogP contribution in [0.1, 0.15) is 17.2 Å². The minimum atomic E-state index is -0.345. The highest BCUT2D eigenvalue weighted by molar-refractivity contribution is 6.30. The standard InChI is InChI=1S/C13H11Cl2FN2/c14-10-2-3-11(16)9(5-10)6-12(17)8-1-4-13(15)18-7-8/h1-5,7,12H,6,17H2. The lowest BCUT2D eigenvalue weighted by Crippen LogP contribution is -2.14. The second-order valence-corrected chi connectivity index (χ2v) is 4.78. The second kappa shape index (κ2) is 5.65. The molecule has 0 radical (unpaired) electrons. The first-order valence-corrected chi connectivity index (χ1v) is 6.13. The predicted molar refractivity (Wildman–Crippen MR) is 71.3 cm³/mol. The zero-order chi connectivity index (χ0) is 13.1. The van der Waals surface area contributed by atoms with Gasteiger partial charge in [0.05, 0.1) is 0 Å². The maximum atomic E-state index is 13.6. The van der Waals surface area contributed by atoms with Gasteiger partial charge in [-0.05, 0) is 41.8 Å². The van der Waals surface area contributed by atoms with Crippen LogP contribution in [0.3, 0.4) is 0 Å². The SMILES string of the molecule is NC(Cc1cc(Cl)ccc1F)c1ccc(Cl)nc1. The number of nitrogens with two attached hydrogens (primary N) is 1. The molecule has 0 bridgehead atoms. The van der Waals surface area contributed by atoms with Gasteiger partial charge in [0.25, 0.3) is 0 Å². The molecule has 0 aliphatic rings. The Morgan fingerprint density at radius 1 is 1.22 bits per heavy atom. The zero-order valence-corrected chi connectivity index (χ0v) is 10.9. The van der Waals surface area contributed by atoms with E-state index in [1.807, 2.05) is 0 Å². The maximum Gasteiger partial charge on any atom is 0.129 e. The molecule has 1 unspecified atom stereocenters. The average molecular weight is 285 g/mol. The predicted octanol–water partition coefficient (Wildman–Crippen LogP) is 3.77. The van der Waals surface area contributed by atoms with E-state index in [4.69, 9.17) is 28.9 Å². The highest BCUT2D eigenvalue weighted by Gasteiger charge is 2.11. The van der Waals surface area contributed by atoms with Crippen molar-refractivity contribution in [3.05, 3.63) is 63.6 Å². The molecule has 1 atom stereocenters. The summed E-state index contributed by atoms with van der Waals surface area (Å²) in [6, 6.07) is 7.52. The Morgan fingerprint density at radius 2 is 2.00 bits per heavy atom. The van der Waals surface area contributed by atoms with Gasteiger partial charge in [0, 0.05) is 17.3 Å². The van der Waals surface area contributed by atoms with E-state index in [0.29, 0.717) is 22.2 Å². The fourth-order valence-corrected chi connectivity index (χ4v) is 1.97. The first-order valence-electron chi connectivity index (χ1n) is 5.37. The summed E-state index contributed by atoms with van der Waals surface area (Å²) in [5.74, 6) is -0.309. The maximum absolute atomic E-state index is 13.6. The van der Waals surface area contributed by atoms with Gasteiger partial charge in [-0.3, -0.25) is 0 Å². The number of benzene rings is 1. The summed E-state index contributed by atoms with van der Waals surface area (Å²) in [6.07, 6.45) is 1.95. The molecule has 0 spiro atoms. The number of rotatable bonds is 3. The van der Waals surface area contributed by atoms with E-state index in [-0.39, 0.29) is 11.9 Å². The number of pyridine rings is 1. The second-order valence-electron chi connectivity index (χ2n) is 3.96. The van der Waals surface area contributed by atoms with E-state index in [2.05, 4.69) is 4.98 Å². The van der Waals surface area contributed by atoms with Crippen molar-refractivity contribution in [3.8, 4) is 0 Å². The summed E-state index contributed by atoms with van der Waals surface area (Å²) in [4.78, 5) is 3.95. The molecule has 0 saturated heterocycles. The van der Waals surface area contributed by atoms with Crippen LogP contribution in [0.2, 0.25) is 10.2 Å². The van der Waals surface area contributed by atoms with Gasteiger partial charge in [0.2, 0.25) is 0 Å². The van der Waals surface area contributed by atoms with E-state index in [1.54, 1.807) is 24.4 Å². The monoisotopic (exact) mass is 284 g/mol. The van der Waals surface area contributed by atoms with Gasteiger partial charge in [-0.2, -0.15) is 0 Å². The molecule has 2 nitrogen and oxygen atoms in total. The largest absolute Gasteiger partial charge is 0.324 e. The molecule has 0 aliphatic heterocycles. The van der Waals surface area contributed by atoms with Gasteiger partial charge in [-0.25, -0.2) is 9.37 Å². The number of nitrogens with zero attached hydrogens (tertiary/aromatic N) is 1. The van der Waals surface area contributed by atoms with Crippen LogP contribution in [0.4, 0.5) is 4.39 Å². The summed E-state index contributed by atoms with van der Waals surface area (Å²) in [7, 11) is 0. The number of aromatic nitrogens is 1. The lowest BCUT2D eigenvalue weighted by Gasteiger charge is -2.12. The van der Waals surface area contributed by atoms with Crippen LogP contribution in [0, 0.1) is 5.82 Å². The van der Waals surface area contributed by atoms with Crippen molar-refractivity contribution < 1.29 is 4.39 Å². The smallest absolute Gasteiger partial charge is 0.129 e. The third-order valence-corrected chi connectivity index (χ3v) is 3.08. The Hall–Kier alpha value is -1.16. The normalized spacial score (nSPS) is 12.4. The lowest BCUT2D eigenvalue weighted by molar-refractivity contribution is 0.593. The van der Waals surface area contributed by atoms with Crippen LogP contribution in [0.25, 0.3) is 0 Å². The van der Waals surface area contributed by atoms with Gasteiger partial charge in [0.15, 0.2) is 0 Å². The van der Waals surface area contributed by atoms with Gasteiger partial charge < -0.3 is 5.73 Å². The minimum absolute atomic E-state index is 0.309. The van der Waals surface area contributed by atoms with Gasteiger partial charge in [-0.15, -0.1) is 0 Å². The van der Waals surface area contributed by atoms with E-state index in [9.17, 15) is 4.39 Å². The molecular weight excluding hydrogens is 274 g/mol. The third-order valence-electron chi connectivity index (χ3n) is 2.63. The Morgan fingerprint density at radius 3 is 2.67 bits per heavy atom. The highest BCUT2D eigenvalue weighted by Crippen LogP contribution is 2.21. The lowest BCUT2D eigenvalue weighted by atomic mass is 10.0. The van der Waals surface area contributed by atoms with Crippen molar-refractivity contribution >= 4 is 23.2 Å². The van der Waals surface area contributed by atoms with Crippen LogP contribution < -0.4 is 5.73 Å². The van der Waals surface area contributed by atoms with E-state index < -0.39 is 0 Å². The van der Waals surface area contributed by atoms with Crippen LogP contribution in [0.15, 0.2) is 36.5 Å². The average Bonchev–Trinajstić information content (AvgIpc) is 2.34. The number of hydrogen-bond acceptors (Lipinski definition) is 2. The third kappa shape index (κ3) is 3.19. The van der Waals surface area contributed by atoms with Gasteiger partial charge >= 0.3 is 0 Å². The van der Waals surface area contributed by atoms with E-state index >= 15 is 0 Å². The molecule has 1 aromatic heterocycles. The Bertz CT molecular complexity index is 543. The first-order chi connectivity index (χ1) is 8.56. The summed E-state index contributed by atoms with van der Waals surface area (Å²) >= 11 is 11.5. The summed E-state index contributed by atoms with van der Waals surface area (Å²) in [5, 5.41) is 0.896. The van der Waals surface area contributed by atoms with Crippen molar-refractivity contribution in [2.24, 2.45) is 5.73 Å². The van der Waals surface area contributed by atoms with Gasteiger partial charge in [-0.1, -0.05) is 29.3 Å². The molecule has 1 aromatic carbocycles. The molecule has 2 aromatic rings. The molecular formula is C13H11Cl2FN2. The van der Waals surface area contributed by atoms with Crippen LogP contribution >= 0.6 is 23.2 Å². The molecule has 18 heavy (non-hydrogen) atoms. The van der Waals surface area contributed by atoms with Crippen molar-refractivity contribution in [3.63, 3.8) is 0 Å². The topological polar surface area (TPSA) is 38.9 Å². The van der Waals surface area contributed by atoms with E-state index in [0.717, 1.165) is 5.56 Å². The highest BCUT2D eigenvalue weighted by atomic mass is 35.5. The molecule has 2 N–H and O–H groups in total. The fourth-order valence-electron chi connectivity index (χ4n) is 1.66. The quantitative estimate of drug-likeness (QED) is 0.872. The van der Waals surface area contributed by atoms with Crippen molar-refractivity contribution in [1.82, 2.24) is 4.98 Å². The summed E-state index contributed by atoms with van der Waals surface area (Å²) in [6.45, 7) is 0. The summed E-state index contributed by atoms with van der Waals surface area (Å²) in [5.41, 5.74) is 7.30. The van der Waals surface area contributed by atoms with Crippen LogP contribution in [0.5, 0.6) is 0 Å². The van der Waals surface area contributed by atoms with Crippen LogP contribution in [-0.2, 0) is 6.42 Å². The molecule has 1 heterocycles. The zero-order valence-electron chi connectivity index (χ0n) is 9.41. The Balaban J connectivity index is 2.18. The number of hydrogen-bond donors (Lipinski definition) is 1. The molecule has 94 valence electrons. The molecule has 0 amide bonds. The van der Waals surface area contributed by atoms with Gasteiger partial charge in [0.1, 0.15) is 11.0 Å². The first kappa shape index (κ1) is 13.3. The van der Waals surface area contributed by atoms with Crippen LogP contribution in [-0.4, -0.2) is 4.98 Å². The number of halogens is 3. The van der Waals surface area contributed by atoms with Crippen molar-refractivity contribution in [1.29, 1.82) is 0 Å². The molecule has 0 aliphatic carbocycles. The van der Waals surface area contributed by atoms with E-state index in [1.165, 1.54) is 12.1 Å². The summed E-state index contributed by atoms with van der Waals surface area (Å²) < 4.78 is 13.6. The minimum Gasteiger partial charge on any atom is -0.324 e. The Labute approximate surface area is 115 Å². The molecule has 0 fully saturated rings. The van der Waals surface area contributed by atoms with Crippen molar-refractivity contribution in [2.45, 2.75) is 12.5 Å². The molecule has 2 rings (SSSR count). The van der Waals surface area contributed by atoms with Crippen molar-refractivity contribution in [2.75, 3.05) is 0 Å². The molecule has 0 saturated carbocycles.